The zero-order chi connectivity index (χ0) is 17.4. The van der Waals surface area contributed by atoms with Crippen LogP contribution in [0.4, 0.5) is 5.13 Å². The molecule has 0 fully saturated rings. The van der Waals surface area contributed by atoms with Gasteiger partial charge in [-0.05, 0) is 26.0 Å². The number of nitrogens with one attached hydrogen (secondary N) is 1. The molecule has 126 valence electrons. The summed E-state index contributed by atoms with van der Waals surface area (Å²) in [4.78, 5) is 25.3. The van der Waals surface area contributed by atoms with Gasteiger partial charge in [-0.2, -0.15) is 5.10 Å². The van der Waals surface area contributed by atoms with E-state index in [9.17, 15) is 4.79 Å². The lowest BCUT2D eigenvalue weighted by atomic mass is 10.3. The first-order chi connectivity index (χ1) is 12.1. The molecule has 0 bridgehead atoms. The number of anilines is 1. The zero-order valence-corrected chi connectivity index (χ0v) is 14.4. The summed E-state index contributed by atoms with van der Waals surface area (Å²) < 4.78 is 3.49. The zero-order valence-electron chi connectivity index (χ0n) is 13.6. The maximum Gasteiger partial charge on any atom is 0.250 e. The highest BCUT2D eigenvalue weighted by Crippen LogP contribution is 2.28. The molecule has 0 saturated heterocycles. The van der Waals surface area contributed by atoms with E-state index < -0.39 is 6.04 Å². The van der Waals surface area contributed by atoms with Crippen LogP contribution in [-0.4, -0.2) is 35.0 Å². The van der Waals surface area contributed by atoms with Crippen molar-refractivity contribution in [3.8, 4) is 11.4 Å². The molecule has 9 heteroatoms. The lowest BCUT2D eigenvalue weighted by Crippen LogP contribution is -2.23. The molecule has 4 aromatic rings. The summed E-state index contributed by atoms with van der Waals surface area (Å²) in [6, 6.07) is 5.38. The molecule has 25 heavy (non-hydrogen) atoms. The summed E-state index contributed by atoms with van der Waals surface area (Å²) in [5.74, 6) is -0.193. The first-order valence-electron chi connectivity index (χ1n) is 7.68. The Morgan fingerprint density at radius 3 is 3.00 bits per heavy atom. The third-order valence-corrected chi connectivity index (χ3v) is 4.65. The Morgan fingerprint density at radius 2 is 2.20 bits per heavy atom. The summed E-state index contributed by atoms with van der Waals surface area (Å²) >= 11 is 1.38. The molecule has 4 aromatic heterocycles. The van der Waals surface area contributed by atoms with Crippen molar-refractivity contribution in [3.63, 3.8) is 0 Å². The van der Waals surface area contributed by atoms with Gasteiger partial charge < -0.3 is 5.32 Å². The first kappa shape index (κ1) is 15.5. The molecule has 8 nitrogen and oxygen atoms in total. The lowest BCUT2D eigenvalue weighted by Gasteiger charge is -2.09. The highest BCUT2D eigenvalue weighted by molar-refractivity contribution is 7.14. The predicted octanol–water partition coefficient (Wildman–Crippen LogP) is 2.56. The minimum absolute atomic E-state index is 0.193. The summed E-state index contributed by atoms with van der Waals surface area (Å²) in [5, 5.41) is 9.27. The molecule has 1 amide bonds. The molecule has 1 N–H and O–H groups in total. The van der Waals surface area contributed by atoms with E-state index in [1.54, 1.807) is 6.92 Å². The van der Waals surface area contributed by atoms with E-state index in [1.165, 1.54) is 28.7 Å². The molecular formula is C16H15N7OS. The van der Waals surface area contributed by atoms with Crippen molar-refractivity contribution in [1.29, 1.82) is 0 Å². The van der Waals surface area contributed by atoms with Gasteiger partial charge in [-0.3, -0.25) is 9.20 Å². The van der Waals surface area contributed by atoms with Crippen LogP contribution in [0.1, 0.15) is 18.7 Å². The van der Waals surface area contributed by atoms with Crippen molar-refractivity contribution in [3.05, 3.63) is 48.1 Å². The van der Waals surface area contributed by atoms with Gasteiger partial charge in [0.15, 0.2) is 5.13 Å². The monoisotopic (exact) mass is 353 g/mol. The maximum atomic E-state index is 12.3. The number of pyridine rings is 1. The van der Waals surface area contributed by atoms with Crippen LogP contribution in [0.25, 0.3) is 17.0 Å². The van der Waals surface area contributed by atoms with Gasteiger partial charge >= 0.3 is 0 Å². The topological polar surface area (TPSA) is 90.0 Å². The number of hydrogen-bond donors (Lipinski definition) is 1. The van der Waals surface area contributed by atoms with Crippen LogP contribution in [0.3, 0.4) is 0 Å². The number of fused-ring (bicyclic) bond motifs is 1. The second kappa shape index (κ2) is 6.10. The van der Waals surface area contributed by atoms with Crippen molar-refractivity contribution in [2.45, 2.75) is 19.9 Å². The number of hydrogen-bond acceptors (Lipinski definition) is 6. The number of imidazole rings is 1. The Bertz CT molecular complexity index is 1030. The Kier molecular flexibility index (Phi) is 3.77. The Balaban J connectivity index is 1.60. The van der Waals surface area contributed by atoms with Gasteiger partial charge in [-0.15, -0.1) is 11.3 Å². The number of rotatable bonds is 4. The van der Waals surface area contributed by atoms with E-state index in [0.717, 1.165) is 22.7 Å². The third-order valence-electron chi connectivity index (χ3n) is 3.89. The number of carbonyl (C=O) groups excluding carboxylic acids is 1. The van der Waals surface area contributed by atoms with Crippen LogP contribution < -0.4 is 5.32 Å². The number of thiazole rings is 1. The van der Waals surface area contributed by atoms with Gasteiger partial charge in [0.05, 0.1) is 11.4 Å². The van der Waals surface area contributed by atoms with Crippen molar-refractivity contribution in [2.75, 3.05) is 5.32 Å². The standard InChI is InChI=1S/C16H15N7OS/c1-10-14(22-6-4-3-5-13(22)19-10)12-7-25-16(20-12)21-15(24)11(2)23-9-17-8-18-23/h3-9,11H,1-2H3,(H,20,21,24). The maximum absolute atomic E-state index is 12.3. The minimum atomic E-state index is -0.465. The van der Waals surface area contributed by atoms with Gasteiger partial charge in [0.25, 0.3) is 5.91 Å². The van der Waals surface area contributed by atoms with Crippen molar-refractivity contribution >= 4 is 28.0 Å². The molecule has 0 spiro atoms. The summed E-state index contributed by atoms with van der Waals surface area (Å²) in [7, 11) is 0. The fraction of sp³-hybridized carbons (Fsp3) is 0.188. The summed E-state index contributed by atoms with van der Waals surface area (Å²) in [5.41, 5.74) is 3.47. The largest absolute Gasteiger partial charge is 0.300 e. The van der Waals surface area contributed by atoms with Gasteiger partial charge in [0.1, 0.15) is 30.0 Å². The highest BCUT2D eigenvalue weighted by atomic mass is 32.1. The first-order valence-corrected chi connectivity index (χ1v) is 8.56. The average molecular weight is 353 g/mol. The van der Waals surface area contributed by atoms with Gasteiger partial charge in [0.2, 0.25) is 0 Å². The second-order valence-electron chi connectivity index (χ2n) is 5.55. The van der Waals surface area contributed by atoms with E-state index in [2.05, 4.69) is 25.4 Å². The molecular weight excluding hydrogens is 338 g/mol. The number of carbonyl (C=O) groups is 1. The fourth-order valence-electron chi connectivity index (χ4n) is 2.61. The molecule has 1 atom stereocenters. The fourth-order valence-corrected chi connectivity index (χ4v) is 3.31. The Morgan fingerprint density at radius 1 is 1.32 bits per heavy atom. The smallest absolute Gasteiger partial charge is 0.250 e. The summed E-state index contributed by atoms with van der Waals surface area (Å²) in [6.07, 6.45) is 4.87. The Labute approximate surface area is 147 Å². The number of aryl methyl sites for hydroxylation is 1. The lowest BCUT2D eigenvalue weighted by molar-refractivity contribution is -0.119. The molecule has 4 heterocycles. The van der Waals surface area contributed by atoms with Crippen LogP contribution in [0, 0.1) is 6.92 Å². The molecule has 0 saturated carbocycles. The molecule has 0 radical (unpaired) electrons. The molecule has 0 aliphatic carbocycles. The van der Waals surface area contributed by atoms with E-state index in [4.69, 9.17) is 0 Å². The molecule has 1 unspecified atom stereocenters. The molecule has 0 aromatic carbocycles. The predicted molar refractivity (Wildman–Crippen MR) is 94.4 cm³/mol. The average Bonchev–Trinajstić information content (AvgIpc) is 3.32. The van der Waals surface area contributed by atoms with Crippen LogP contribution in [0.2, 0.25) is 0 Å². The van der Waals surface area contributed by atoms with Gasteiger partial charge in [0, 0.05) is 11.6 Å². The number of aromatic nitrogens is 6. The molecule has 0 aliphatic rings. The SMILES string of the molecule is Cc1nc2ccccn2c1-c1csc(NC(=O)C(C)n2cncn2)n1. The van der Waals surface area contributed by atoms with Gasteiger partial charge in [-0.25, -0.2) is 19.6 Å². The van der Waals surface area contributed by atoms with Crippen LogP contribution in [-0.2, 0) is 4.79 Å². The van der Waals surface area contributed by atoms with Crippen molar-refractivity contribution in [2.24, 2.45) is 0 Å². The van der Waals surface area contributed by atoms with E-state index >= 15 is 0 Å². The van der Waals surface area contributed by atoms with Crippen LogP contribution in [0.5, 0.6) is 0 Å². The Hall–Kier alpha value is -3.07. The highest BCUT2D eigenvalue weighted by Gasteiger charge is 2.18. The van der Waals surface area contributed by atoms with E-state index in [0.29, 0.717) is 5.13 Å². The van der Waals surface area contributed by atoms with E-state index in [1.807, 2.05) is 41.1 Å². The molecule has 4 rings (SSSR count). The van der Waals surface area contributed by atoms with Crippen LogP contribution in [0.15, 0.2) is 42.4 Å². The minimum Gasteiger partial charge on any atom is -0.300 e. The van der Waals surface area contributed by atoms with Gasteiger partial charge in [-0.1, -0.05) is 6.07 Å². The van der Waals surface area contributed by atoms with Crippen molar-refractivity contribution < 1.29 is 4.79 Å². The normalized spacial score (nSPS) is 12.4. The molecule has 0 aliphatic heterocycles. The second-order valence-corrected chi connectivity index (χ2v) is 6.41. The third kappa shape index (κ3) is 2.78. The quantitative estimate of drug-likeness (QED) is 0.609. The number of nitrogens with zero attached hydrogens (tertiary/aromatic N) is 6. The number of amides is 1. The van der Waals surface area contributed by atoms with E-state index in [-0.39, 0.29) is 5.91 Å². The van der Waals surface area contributed by atoms with Crippen LogP contribution >= 0.6 is 11.3 Å². The van der Waals surface area contributed by atoms with Crippen molar-refractivity contribution in [1.82, 2.24) is 29.1 Å². The summed E-state index contributed by atoms with van der Waals surface area (Å²) in [6.45, 7) is 3.71.